The molecule has 1 aromatic rings. The minimum Gasteiger partial charge on any atom is -0.394 e. The van der Waals surface area contributed by atoms with E-state index in [-0.39, 0.29) is 0 Å². The van der Waals surface area contributed by atoms with E-state index in [9.17, 15) is 0 Å². The standard InChI is InChI=1S/C13H24N4S/c1-5-10-8-17(6-7-18-10)13-11(14)12(9(2)3)15-16(13)4/h9-10H,5-8,14H2,1-4H3. The number of anilines is 2. The molecule has 2 heterocycles. The Balaban J connectivity index is 2.27. The van der Waals surface area contributed by atoms with Gasteiger partial charge in [0.2, 0.25) is 0 Å². The maximum atomic E-state index is 6.29. The van der Waals surface area contributed by atoms with Gasteiger partial charge in [0.25, 0.3) is 0 Å². The van der Waals surface area contributed by atoms with Gasteiger partial charge in [-0.3, -0.25) is 4.68 Å². The van der Waals surface area contributed by atoms with Crippen LogP contribution in [0.5, 0.6) is 0 Å². The number of thioether (sulfide) groups is 1. The molecular formula is C13H24N4S. The monoisotopic (exact) mass is 268 g/mol. The van der Waals surface area contributed by atoms with Crippen LogP contribution in [-0.2, 0) is 7.05 Å². The molecule has 5 heteroatoms. The van der Waals surface area contributed by atoms with Gasteiger partial charge >= 0.3 is 0 Å². The third-order valence-electron chi connectivity index (χ3n) is 3.52. The van der Waals surface area contributed by atoms with Crippen LogP contribution in [0.2, 0.25) is 0 Å². The van der Waals surface area contributed by atoms with Crippen molar-refractivity contribution in [2.24, 2.45) is 7.05 Å². The fourth-order valence-corrected chi connectivity index (χ4v) is 3.69. The molecule has 4 nitrogen and oxygen atoms in total. The number of aromatic nitrogens is 2. The van der Waals surface area contributed by atoms with Crippen LogP contribution < -0.4 is 10.6 Å². The van der Waals surface area contributed by atoms with Crippen LogP contribution in [0.4, 0.5) is 11.5 Å². The topological polar surface area (TPSA) is 47.1 Å². The second kappa shape index (κ2) is 5.43. The number of hydrogen-bond acceptors (Lipinski definition) is 4. The zero-order valence-electron chi connectivity index (χ0n) is 11.8. The van der Waals surface area contributed by atoms with Crippen LogP contribution >= 0.6 is 11.8 Å². The summed E-state index contributed by atoms with van der Waals surface area (Å²) in [6.07, 6.45) is 1.22. The van der Waals surface area contributed by atoms with Crippen molar-refractivity contribution < 1.29 is 0 Å². The van der Waals surface area contributed by atoms with Gasteiger partial charge in [0.05, 0.1) is 11.4 Å². The van der Waals surface area contributed by atoms with E-state index in [1.807, 2.05) is 11.7 Å². The minimum atomic E-state index is 0.381. The maximum Gasteiger partial charge on any atom is 0.150 e. The van der Waals surface area contributed by atoms with Gasteiger partial charge in [-0.1, -0.05) is 20.8 Å². The summed E-state index contributed by atoms with van der Waals surface area (Å²) >= 11 is 2.07. The largest absolute Gasteiger partial charge is 0.394 e. The zero-order valence-corrected chi connectivity index (χ0v) is 12.6. The molecule has 1 unspecified atom stereocenters. The molecule has 2 rings (SSSR count). The summed E-state index contributed by atoms with van der Waals surface area (Å²) in [7, 11) is 2.00. The SMILES string of the molecule is CCC1CN(c2c(N)c(C(C)C)nn2C)CCS1. The lowest BCUT2D eigenvalue weighted by Crippen LogP contribution is -2.39. The van der Waals surface area contributed by atoms with Crippen LogP contribution in [0.3, 0.4) is 0 Å². The van der Waals surface area contributed by atoms with Crippen molar-refractivity contribution in [3.63, 3.8) is 0 Å². The minimum absolute atomic E-state index is 0.381. The van der Waals surface area contributed by atoms with E-state index in [2.05, 4.69) is 42.5 Å². The van der Waals surface area contributed by atoms with E-state index in [1.165, 1.54) is 12.2 Å². The van der Waals surface area contributed by atoms with Crippen molar-refractivity contribution in [3.8, 4) is 0 Å². The molecular weight excluding hydrogens is 244 g/mol. The van der Waals surface area contributed by atoms with Crippen molar-refractivity contribution >= 4 is 23.3 Å². The quantitative estimate of drug-likeness (QED) is 0.915. The highest BCUT2D eigenvalue weighted by Crippen LogP contribution is 2.33. The lowest BCUT2D eigenvalue weighted by atomic mass is 10.1. The highest BCUT2D eigenvalue weighted by molar-refractivity contribution is 8.00. The molecule has 0 saturated carbocycles. The van der Waals surface area contributed by atoms with E-state index < -0.39 is 0 Å². The number of nitrogens with two attached hydrogens (primary N) is 1. The summed E-state index contributed by atoms with van der Waals surface area (Å²) in [6.45, 7) is 8.70. The fourth-order valence-electron chi connectivity index (χ4n) is 2.51. The first kappa shape index (κ1) is 13.6. The molecule has 102 valence electrons. The van der Waals surface area contributed by atoms with E-state index in [0.717, 1.165) is 35.5 Å². The normalized spacial score (nSPS) is 20.7. The third-order valence-corrected chi connectivity index (χ3v) is 4.89. The smallest absolute Gasteiger partial charge is 0.150 e. The average molecular weight is 268 g/mol. The lowest BCUT2D eigenvalue weighted by Gasteiger charge is -2.33. The Morgan fingerprint density at radius 3 is 2.78 bits per heavy atom. The molecule has 1 aliphatic heterocycles. The van der Waals surface area contributed by atoms with Crippen LogP contribution in [0.1, 0.15) is 38.8 Å². The highest BCUT2D eigenvalue weighted by Gasteiger charge is 2.25. The Hall–Kier alpha value is -0.840. The summed E-state index contributed by atoms with van der Waals surface area (Å²) < 4.78 is 1.95. The Morgan fingerprint density at radius 1 is 1.50 bits per heavy atom. The van der Waals surface area contributed by atoms with Crippen molar-refractivity contribution in [3.05, 3.63) is 5.69 Å². The number of hydrogen-bond donors (Lipinski definition) is 1. The number of rotatable bonds is 3. The Labute approximate surface area is 114 Å². The summed E-state index contributed by atoms with van der Waals surface area (Å²) in [5.41, 5.74) is 8.19. The van der Waals surface area contributed by atoms with Crippen LogP contribution in [0.25, 0.3) is 0 Å². The Morgan fingerprint density at radius 2 is 2.22 bits per heavy atom. The Bertz CT molecular complexity index is 413. The molecule has 1 atom stereocenters. The zero-order chi connectivity index (χ0) is 13.3. The number of aryl methyl sites for hydroxylation is 1. The summed E-state index contributed by atoms with van der Waals surface area (Å²) in [5.74, 6) is 2.67. The van der Waals surface area contributed by atoms with E-state index in [4.69, 9.17) is 5.73 Å². The summed E-state index contributed by atoms with van der Waals surface area (Å²) in [4.78, 5) is 2.40. The van der Waals surface area contributed by atoms with Gasteiger partial charge in [0.1, 0.15) is 5.82 Å². The summed E-state index contributed by atoms with van der Waals surface area (Å²) in [6, 6.07) is 0. The molecule has 0 amide bonds. The molecule has 2 N–H and O–H groups in total. The predicted molar refractivity (Wildman–Crippen MR) is 80.5 cm³/mol. The molecule has 0 bridgehead atoms. The fraction of sp³-hybridized carbons (Fsp3) is 0.769. The van der Waals surface area contributed by atoms with Gasteiger partial charge in [-0.05, 0) is 12.3 Å². The van der Waals surface area contributed by atoms with E-state index in [1.54, 1.807) is 0 Å². The van der Waals surface area contributed by atoms with Gasteiger partial charge in [0.15, 0.2) is 0 Å². The molecule has 1 aliphatic rings. The van der Waals surface area contributed by atoms with Gasteiger partial charge in [0, 0.05) is 31.1 Å². The van der Waals surface area contributed by atoms with Crippen molar-refractivity contribution in [2.45, 2.75) is 38.4 Å². The van der Waals surface area contributed by atoms with Crippen molar-refractivity contribution in [2.75, 3.05) is 29.5 Å². The highest BCUT2D eigenvalue weighted by atomic mass is 32.2. The molecule has 1 saturated heterocycles. The summed E-state index contributed by atoms with van der Waals surface area (Å²) in [5, 5.41) is 5.30. The van der Waals surface area contributed by atoms with Gasteiger partial charge in [-0.25, -0.2) is 0 Å². The van der Waals surface area contributed by atoms with Crippen LogP contribution in [0, 0.1) is 0 Å². The first-order chi connectivity index (χ1) is 8.54. The molecule has 18 heavy (non-hydrogen) atoms. The average Bonchev–Trinajstić information content (AvgIpc) is 2.65. The number of nitrogen functional groups attached to an aromatic ring is 1. The maximum absolute atomic E-state index is 6.29. The molecule has 0 aliphatic carbocycles. The third kappa shape index (κ3) is 2.46. The second-order valence-electron chi connectivity index (χ2n) is 5.25. The van der Waals surface area contributed by atoms with Crippen LogP contribution in [0.15, 0.2) is 0 Å². The van der Waals surface area contributed by atoms with E-state index >= 15 is 0 Å². The number of nitrogens with zero attached hydrogens (tertiary/aromatic N) is 3. The van der Waals surface area contributed by atoms with Gasteiger partial charge < -0.3 is 10.6 Å². The van der Waals surface area contributed by atoms with Gasteiger partial charge in [-0.2, -0.15) is 16.9 Å². The molecule has 0 spiro atoms. The van der Waals surface area contributed by atoms with Crippen LogP contribution in [-0.4, -0.2) is 33.9 Å². The van der Waals surface area contributed by atoms with E-state index in [0.29, 0.717) is 5.92 Å². The molecule has 1 aromatic heterocycles. The second-order valence-corrected chi connectivity index (χ2v) is 6.66. The first-order valence-corrected chi connectivity index (χ1v) is 7.78. The predicted octanol–water partition coefficient (Wildman–Crippen LogP) is 2.46. The molecule has 1 fully saturated rings. The first-order valence-electron chi connectivity index (χ1n) is 6.73. The molecule has 0 radical (unpaired) electrons. The molecule has 0 aromatic carbocycles. The Kier molecular flexibility index (Phi) is 4.10. The van der Waals surface area contributed by atoms with Gasteiger partial charge in [-0.15, -0.1) is 0 Å². The van der Waals surface area contributed by atoms with Crippen molar-refractivity contribution in [1.82, 2.24) is 9.78 Å². The van der Waals surface area contributed by atoms with Crippen molar-refractivity contribution in [1.29, 1.82) is 0 Å². The lowest BCUT2D eigenvalue weighted by molar-refractivity contribution is 0.665.